The molecule has 0 N–H and O–H groups in total. The maximum Gasteiger partial charge on any atom is 0.324 e. The van der Waals surface area contributed by atoms with E-state index in [0.717, 1.165) is 36.4 Å². The molecule has 0 aliphatic heterocycles. The van der Waals surface area contributed by atoms with Gasteiger partial charge in [-0.3, -0.25) is 39.3 Å². The summed E-state index contributed by atoms with van der Waals surface area (Å²) >= 11 is 0. The van der Waals surface area contributed by atoms with E-state index >= 15 is 0 Å². The van der Waals surface area contributed by atoms with Gasteiger partial charge in [0.05, 0.1) is 31.6 Å². The number of carbonyl (C=O) groups excluding carboxylic acids is 1. The molecule has 0 saturated carbocycles. The van der Waals surface area contributed by atoms with Gasteiger partial charge in [-0.1, -0.05) is 0 Å². The molecular formula is C14H9N3O9S. The summed E-state index contributed by atoms with van der Waals surface area (Å²) in [5, 5.41) is 32.3. The number of non-ortho nitro benzene ring substituents is 2. The van der Waals surface area contributed by atoms with Crippen LogP contribution in [0.25, 0.3) is 0 Å². The first-order chi connectivity index (χ1) is 12.7. The van der Waals surface area contributed by atoms with Crippen LogP contribution in [0.2, 0.25) is 0 Å². The van der Waals surface area contributed by atoms with Crippen molar-refractivity contribution < 1.29 is 28.5 Å². The number of ether oxygens (including phenoxy) is 1. The number of hydrogen-bond acceptors (Lipinski definition) is 9. The highest BCUT2D eigenvalue weighted by Gasteiger charge is 2.25. The number of benzene rings is 2. The van der Waals surface area contributed by atoms with Gasteiger partial charge in [0.2, 0.25) is 0 Å². The Morgan fingerprint density at radius 1 is 0.889 bits per heavy atom. The van der Waals surface area contributed by atoms with Crippen LogP contribution in [0.4, 0.5) is 17.1 Å². The van der Waals surface area contributed by atoms with E-state index in [0.29, 0.717) is 6.07 Å². The standard InChI is InChI=1S/C14H9N3O9S/c18-14(26-11-4-1-9(2-5-11)15(19)20)8-27(25)13-6-3-10(16(21)22)7-12(13)17(23)24/h1-7H,8H2. The van der Waals surface area contributed by atoms with E-state index in [1.165, 1.54) is 0 Å². The molecule has 1 unspecified atom stereocenters. The summed E-state index contributed by atoms with van der Waals surface area (Å²) in [6.07, 6.45) is 0. The van der Waals surface area contributed by atoms with E-state index in [2.05, 4.69) is 0 Å². The SMILES string of the molecule is O=C(CS(=O)c1ccc([N+](=O)[O-])cc1[N+](=O)[O-])Oc1ccc([N+](=O)[O-])cc1. The maximum atomic E-state index is 12.2. The van der Waals surface area contributed by atoms with Gasteiger partial charge < -0.3 is 4.74 Å². The predicted octanol–water partition coefficient (Wildman–Crippen LogP) is 2.12. The largest absolute Gasteiger partial charge is 0.426 e. The monoisotopic (exact) mass is 395 g/mol. The number of nitrogens with zero attached hydrogens (tertiary/aromatic N) is 3. The molecule has 2 aromatic rings. The lowest BCUT2D eigenvalue weighted by atomic mass is 10.3. The summed E-state index contributed by atoms with van der Waals surface area (Å²) in [7, 11) is -2.20. The van der Waals surface area contributed by atoms with Crippen LogP contribution in [0.5, 0.6) is 5.75 Å². The third kappa shape index (κ3) is 4.88. The highest BCUT2D eigenvalue weighted by Crippen LogP contribution is 2.27. The van der Waals surface area contributed by atoms with Gasteiger partial charge in [0.25, 0.3) is 17.1 Å². The van der Waals surface area contributed by atoms with Crippen LogP contribution in [-0.2, 0) is 15.6 Å². The van der Waals surface area contributed by atoms with Crippen LogP contribution >= 0.6 is 0 Å². The second-order valence-corrected chi connectivity index (χ2v) is 6.30. The lowest BCUT2D eigenvalue weighted by Crippen LogP contribution is -2.17. The van der Waals surface area contributed by atoms with Crippen LogP contribution in [0, 0.1) is 30.3 Å². The Labute approximate surface area is 152 Å². The minimum atomic E-state index is -2.20. The zero-order chi connectivity index (χ0) is 20.1. The molecule has 1 atom stereocenters. The second-order valence-electron chi connectivity index (χ2n) is 4.88. The van der Waals surface area contributed by atoms with Gasteiger partial charge in [-0.25, -0.2) is 0 Å². The van der Waals surface area contributed by atoms with E-state index < -0.39 is 48.7 Å². The van der Waals surface area contributed by atoms with E-state index in [-0.39, 0.29) is 16.3 Å². The van der Waals surface area contributed by atoms with Crippen molar-refractivity contribution in [1.29, 1.82) is 0 Å². The Morgan fingerprint density at radius 2 is 1.44 bits per heavy atom. The molecule has 0 bridgehead atoms. The van der Waals surface area contributed by atoms with Crippen molar-refractivity contribution in [2.45, 2.75) is 4.90 Å². The molecule has 0 aliphatic carbocycles. The molecule has 0 spiro atoms. The van der Waals surface area contributed by atoms with Crippen LogP contribution in [-0.4, -0.2) is 30.7 Å². The van der Waals surface area contributed by atoms with Crippen molar-refractivity contribution in [1.82, 2.24) is 0 Å². The van der Waals surface area contributed by atoms with Gasteiger partial charge in [0.1, 0.15) is 16.4 Å². The normalized spacial score (nSPS) is 11.4. The first kappa shape index (κ1) is 19.6. The topological polar surface area (TPSA) is 173 Å². The number of rotatable bonds is 7. The minimum absolute atomic E-state index is 0.0409. The van der Waals surface area contributed by atoms with E-state index in [4.69, 9.17) is 4.74 Å². The van der Waals surface area contributed by atoms with Gasteiger partial charge in [-0.2, -0.15) is 0 Å². The summed E-state index contributed by atoms with van der Waals surface area (Å²) in [6, 6.07) is 7.03. The molecule has 0 fully saturated rings. The molecule has 0 amide bonds. The van der Waals surface area contributed by atoms with Crippen LogP contribution in [0.1, 0.15) is 0 Å². The lowest BCUT2D eigenvalue weighted by Gasteiger charge is -2.05. The number of esters is 1. The Bertz CT molecular complexity index is 959. The van der Waals surface area contributed by atoms with Crippen molar-refractivity contribution in [3.05, 3.63) is 72.8 Å². The van der Waals surface area contributed by atoms with Crippen molar-refractivity contribution in [2.75, 3.05) is 5.75 Å². The van der Waals surface area contributed by atoms with Crippen molar-refractivity contribution in [3.63, 3.8) is 0 Å². The fourth-order valence-corrected chi connectivity index (χ4v) is 2.95. The summed E-state index contributed by atoms with van der Waals surface area (Å²) < 4.78 is 17.1. The fraction of sp³-hybridized carbons (Fsp3) is 0.0714. The van der Waals surface area contributed by atoms with E-state index in [1.54, 1.807) is 0 Å². The molecule has 13 heteroatoms. The quantitative estimate of drug-likeness (QED) is 0.294. The van der Waals surface area contributed by atoms with Crippen LogP contribution in [0.3, 0.4) is 0 Å². The molecule has 0 saturated heterocycles. The average molecular weight is 395 g/mol. The number of hydrogen-bond donors (Lipinski definition) is 0. The van der Waals surface area contributed by atoms with Gasteiger partial charge >= 0.3 is 5.97 Å². The minimum Gasteiger partial charge on any atom is -0.426 e. The Hall–Kier alpha value is -3.74. The van der Waals surface area contributed by atoms with Gasteiger partial charge in [-0.05, 0) is 18.2 Å². The number of nitro groups is 3. The smallest absolute Gasteiger partial charge is 0.324 e. The summed E-state index contributed by atoms with van der Waals surface area (Å²) in [4.78, 5) is 41.3. The van der Waals surface area contributed by atoms with Crippen LogP contribution in [0.15, 0.2) is 47.4 Å². The van der Waals surface area contributed by atoms with E-state index in [1.807, 2.05) is 0 Å². The average Bonchev–Trinajstić information content (AvgIpc) is 2.61. The predicted molar refractivity (Wildman–Crippen MR) is 89.8 cm³/mol. The first-order valence-corrected chi connectivity index (χ1v) is 8.27. The first-order valence-electron chi connectivity index (χ1n) is 6.95. The van der Waals surface area contributed by atoms with Crippen LogP contribution < -0.4 is 4.74 Å². The number of nitro benzene ring substituents is 3. The summed E-state index contributed by atoms with van der Waals surface area (Å²) in [6.45, 7) is 0. The zero-order valence-corrected chi connectivity index (χ0v) is 14.0. The van der Waals surface area contributed by atoms with Crippen molar-refractivity contribution in [2.24, 2.45) is 0 Å². The zero-order valence-electron chi connectivity index (χ0n) is 13.2. The number of carbonyl (C=O) groups is 1. The molecule has 0 aliphatic rings. The molecule has 0 radical (unpaired) electrons. The highest BCUT2D eigenvalue weighted by molar-refractivity contribution is 7.85. The molecule has 12 nitrogen and oxygen atoms in total. The Balaban J connectivity index is 2.14. The van der Waals surface area contributed by atoms with Gasteiger partial charge in [0, 0.05) is 18.2 Å². The van der Waals surface area contributed by atoms with Crippen molar-refractivity contribution >= 4 is 33.8 Å². The molecule has 2 aromatic carbocycles. The second kappa shape index (κ2) is 8.09. The Kier molecular flexibility index (Phi) is 5.87. The van der Waals surface area contributed by atoms with Crippen molar-refractivity contribution in [3.8, 4) is 5.75 Å². The molecular weight excluding hydrogens is 386 g/mol. The van der Waals surface area contributed by atoms with Gasteiger partial charge in [0.15, 0.2) is 0 Å². The fourth-order valence-electron chi connectivity index (χ4n) is 1.94. The maximum absolute atomic E-state index is 12.2. The summed E-state index contributed by atoms with van der Waals surface area (Å²) in [5.74, 6) is -1.80. The molecule has 2 rings (SSSR count). The summed E-state index contributed by atoms with van der Waals surface area (Å²) in [5.41, 5.74) is -1.54. The molecule has 0 aromatic heterocycles. The third-order valence-corrected chi connectivity index (χ3v) is 4.46. The van der Waals surface area contributed by atoms with E-state index in [9.17, 15) is 39.3 Å². The third-order valence-electron chi connectivity index (χ3n) is 3.12. The highest BCUT2D eigenvalue weighted by atomic mass is 32.2. The van der Waals surface area contributed by atoms with Gasteiger partial charge in [-0.15, -0.1) is 0 Å². The molecule has 140 valence electrons. The molecule has 27 heavy (non-hydrogen) atoms. The molecule has 0 heterocycles. The Morgan fingerprint density at radius 3 is 1.96 bits per heavy atom. The lowest BCUT2D eigenvalue weighted by molar-refractivity contribution is -0.396.